The van der Waals surface area contributed by atoms with Crippen LogP contribution in [0.25, 0.3) is 10.7 Å². The summed E-state index contributed by atoms with van der Waals surface area (Å²) >= 11 is 1.16. The van der Waals surface area contributed by atoms with Crippen LogP contribution in [0.4, 0.5) is 0 Å². The summed E-state index contributed by atoms with van der Waals surface area (Å²) < 4.78 is 5.24. The van der Waals surface area contributed by atoms with E-state index in [0.717, 1.165) is 17.2 Å². The number of tetrazole rings is 1. The first-order chi connectivity index (χ1) is 9.15. The Labute approximate surface area is 120 Å². The summed E-state index contributed by atoms with van der Waals surface area (Å²) in [6, 6.07) is 0. The van der Waals surface area contributed by atoms with E-state index in [0.29, 0.717) is 10.7 Å². The topological polar surface area (TPSA) is 107 Å². The zero-order valence-electron chi connectivity index (χ0n) is 11.9. The molecule has 0 amide bonds. The van der Waals surface area contributed by atoms with Crippen molar-refractivity contribution in [2.75, 3.05) is 0 Å². The maximum Gasteiger partial charge on any atom is 0.331 e. The van der Waals surface area contributed by atoms with E-state index in [1.165, 1.54) is 4.68 Å². The summed E-state index contributed by atoms with van der Waals surface area (Å²) in [6.45, 7) is 9.10. The fraction of sp³-hybridized carbons (Fsp3) is 0.636. The quantitative estimate of drug-likeness (QED) is 0.909. The second-order valence-corrected chi connectivity index (χ2v) is 6.73. The van der Waals surface area contributed by atoms with E-state index in [9.17, 15) is 9.90 Å². The van der Waals surface area contributed by atoms with Gasteiger partial charge in [0, 0.05) is 5.41 Å². The van der Waals surface area contributed by atoms with E-state index >= 15 is 0 Å². The maximum absolute atomic E-state index is 11.4. The van der Waals surface area contributed by atoms with Crippen LogP contribution in [-0.2, 0) is 15.7 Å². The minimum atomic E-state index is -1.25. The minimum Gasteiger partial charge on any atom is -0.479 e. The van der Waals surface area contributed by atoms with E-state index in [2.05, 4.69) is 25.1 Å². The monoisotopic (exact) mass is 296 g/mol. The molecular formula is C11H16N6O2S. The Morgan fingerprint density at radius 1 is 1.20 bits per heavy atom. The molecule has 0 fully saturated rings. The molecule has 8 nitrogen and oxygen atoms in total. The summed E-state index contributed by atoms with van der Waals surface area (Å²) in [5.74, 6) is -0.641. The highest BCUT2D eigenvalue weighted by molar-refractivity contribution is 7.09. The maximum atomic E-state index is 11.4. The van der Waals surface area contributed by atoms with Gasteiger partial charge in [-0.3, -0.25) is 0 Å². The normalized spacial score (nSPS) is 12.7. The molecule has 2 rings (SSSR count). The van der Waals surface area contributed by atoms with Crippen molar-refractivity contribution in [2.45, 2.75) is 45.6 Å². The van der Waals surface area contributed by atoms with E-state index in [1.807, 2.05) is 20.8 Å². The molecule has 0 saturated heterocycles. The molecule has 2 heterocycles. The molecule has 0 aliphatic heterocycles. The molecule has 1 N–H and O–H groups in total. The van der Waals surface area contributed by atoms with E-state index in [1.54, 1.807) is 13.8 Å². The van der Waals surface area contributed by atoms with Crippen molar-refractivity contribution >= 4 is 17.5 Å². The molecule has 2 aromatic rings. The Bertz CT molecular complexity index is 639. The lowest BCUT2D eigenvalue weighted by molar-refractivity contribution is -0.146. The van der Waals surface area contributed by atoms with Crippen LogP contribution in [0, 0.1) is 0 Å². The molecule has 0 aliphatic rings. The first kappa shape index (κ1) is 14.5. The number of aliphatic carboxylic acids is 1. The minimum absolute atomic E-state index is 0.230. The van der Waals surface area contributed by atoms with Crippen LogP contribution in [0.3, 0.4) is 0 Å². The fourth-order valence-corrected chi connectivity index (χ4v) is 2.47. The van der Waals surface area contributed by atoms with Gasteiger partial charge in [0.25, 0.3) is 0 Å². The van der Waals surface area contributed by atoms with Gasteiger partial charge in [0.15, 0.2) is 11.4 Å². The molecular weight excluding hydrogens is 280 g/mol. The van der Waals surface area contributed by atoms with Gasteiger partial charge < -0.3 is 5.11 Å². The van der Waals surface area contributed by atoms with Crippen molar-refractivity contribution in [2.24, 2.45) is 0 Å². The van der Waals surface area contributed by atoms with Gasteiger partial charge in [0.05, 0.1) is 5.69 Å². The van der Waals surface area contributed by atoms with Crippen molar-refractivity contribution in [1.29, 1.82) is 0 Å². The first-order valence-corrected chi connectivity index (χ1v) is 6.78. The van der Waals surface area contributed by atoms with E-state index in [4.69, 9.17) is 0 Å². The Kier molecular flexibility index (Phi) is 3.32. The van der Waals surface area contributed by atoms with Crippen LogP contribution >= 0.6 is 11.5 Å². The highest BCUT2D eigenvalue weighted by atomic mass is 32.1. The molecule has 0 radical (unpaired) electrons. The van der Waals surface area contributed by atoms with E-state index in [-0.39, 0.29) is 5.41 Å². The highest BCUT2D eigenvalue weighted by Crippen LogP contribution is 2.34. The van der Waals surface area contributed by atoms with Crippen molar-refractivity contribution in [3.63, 3.8) is 0 Å². The Morgan fingerprint density at radius 2 is 1.85 bits per heavy atom. The van der Waals surface area contributed by atoms with Gasteiger partial charge in [-0.15, -0.1) is 10.2 Å². The number of rotatable bonds is 3. The molecule has 9 heteroatoms. The summed E-state index contributed by atoms with van der Waals surface area (Å²) in [7, 11) is 0. The van der Waals surface area contributed by atoms with Crippen LogP contribution in [0.2, 0.25) is 0 Å². The fourth-order valence-electron chi connectivity index (χ4n) is 1.62. The summed E-state index contributed by atoms with van der Waals surface area (Å²) in [5.41, 5.74) is -0.732. The molecule has 0 unspecified atom stereocenters. The third-order valence-electron chi connectivity index (χ3n) is 2.92. The summed E-state index contributed by atoms with van der Waals surface area (Å²) in [5, 5.41) is 24.8. The smallest absolute Gasteiger partial charge is 0.331 e. The largest absolute Gasteiger partial charge is 0.479 e. The van der Waals surface area contributed by atoms with Crippen LogP contribution in [0.1, 0.15) is 40.3 Å². The van der Waals surface area contributed by atoms with Gasteiger partial charge in [-0.25, -0.2) is 9.48 Å². The molecule has 0 atom stereocenters. The van der Waals surface area contributed by atoms with Crippen molar-refractivity contribution in [3.05, 3.63) is 5.69 Å². The number of carboxylic acids is 1. The van der Waals surface area contributed by atoms with Crippen molar-refractivity contribution in [1.82, 2.24) is 29.8 Å². The van der Waals surface area contributed by atoms with Gasteiger partial charge in [0.2, 0.25) is 0 Å². The lowest BCUT2D eigenvalue weighted by atomic mass is 9.91. The summed E-state index contributed by atoms with van der Waals surface area (Å²) in [4.78, 5) is 12.1. The van der Waals surface area contributed by atoms with Gasteiger partial charge >= 0.3 is 5.97 Å². The second kappa shape index (κ2) is 4.58. The number of nitrogens with zero attached hydrogens (tertiary/aromatic N) is 6. The predicted molar refractivity (Wildman–Crippen MR) is 72.4 cm³/mol. The SMILES string of the molecule is CC(C)(C)c1nnsc1-c1nnnn1C(C)(C)C(=O)O. The molecule has 2 aromatic heterocycles. The van der Waals surface area contributed by atoms with Crippen LogP contribution in [-0.4, -0.2) is 40.9 Å². The van der Waals surface area contributed by atoms with Crippen molar-refractivity contribution < 1.29 is 9.90 Å². The zero-order chi connectivity index (χ0) is 15.1. The number of hydrogen-bond acceptors (Lipinski definition) is 7. The van der Waals surface area contributed by atoms with E-state index < -0.39 is 11.5 Å². The number of hydrogen-bond donors (Lipinski definition) is 1. The summed E-state index contributed by atoms with van der Waals surface area (Å²) in [6.07, 6.45) is 0. The number of aromatic nitrogens is 6. The average molecular weight is 296 g/mol. The first-order valence-electron chi connectivity index (χ1n) is 6.01. The molecule has 0 spiro atoms. The van der Waals surface area contributed by atoms with Crippen molar-refractivity contribution in [3.8, 4) is 10.7 Å². The zero-order valence-corrected chi connectivity index (χ0v) is 12.8. The standard InChI is InChI=1S/C11H16N6O2S/c1-10(2,3)7-6(20-16-12-7)8-13-14-15-17(8)11(4,5)9(18)19/h1-5H3,(H,18,19). The van der Waals surface area contributed by atoms with Crippen LogP contribution in [0.5, 0.6) is 0 Å². The van der Waals surface area contributed by atoms with Gasteiger partial charge in [-0.1, -0.05) is 25.3 Å². The van der Waals surface area contributed by atoms with Gasteiger partial charge in [-0.2, -0.15) is 0 Å². The Balaban J connectivity index is 2.60. The highest BCUT2D eigenvalue weighted by Gasteiger charge is 2.36. The third kappa shape index (κ3) is 2.28. The van der Waals surface area contributed by atoms with Gasteiger partial charge in [-0.05, 0) is 35.8 Å². The average Bonchev–Trinajstić information content (AvgIpc) is 2.96. The lowest BCUT2D eigenvalue weighted by Crippen LogP contribution is -2.37. The number of carbonyl (C=O) groups is 1. The second-order valence-electron chi connectivity index (χ2n) is 5.98. The van der Waals surface area contributed by atoms with Crippen LogP contribution < -0.4 is 0 Å². The molecule has 108 valence electrons. The predicted octanol–water partition coefficient (Wildman–Crippen LogP) is 1.31. The molecule has 20 heavy (non-hydrogen) atoms. The Morgan fingerprint density at radius 3 is 2.40 bits per heavy atom. The third-order valence-corrected chi connectivity index (χ3v) is 3.65. The molecule has 0 aliphatic carbocycles. The van der Waals surface area contributed by atoms with Crippen LogP contribution in [0.15, 0.2) is 0 Å². The number of carboxylic acid groups (broad SMARTS) is 1. The molecule has 0 saturated carbocycles. The molecule has 0 bridgehead atoms. The Hall–Kier alpha value is -1.90. The molecule has 0 aromatic carbocycles. The lowest BCUT2D eigenvalue weighted by Gasteiger charge is -2.21. The van der Waals surface area contributed by atoms with Gasteiger partial charge in [0.1, 0.15) is 4.88 Å².